The van der Waals surface area contributed by atoms with Crippen molar-refractivity contribution in [3.05, 3.63) is 66.1 Å². The van der Waals surface area contributed by atoms with Crippen LogP contribution in [0, 0.1) is 5.82 Å². The molecule has 1 aliphatic heterocycles. The highest BCUT2D eigenvalue weighted by Crippen LogP contribution is 2.22. The van der Waals surface area contributed by atoms with E-state index in [9.17, 15) is 14.3 Å². The zero-order valence-electron chi connectivity index (χ0n) is 16.9. The molecule has 1 aliphatic rings. The number of amides is 1. The number of ether oxygens (including phenoxy) is 1. The van der Waals surface area contributed by atoms with Crippen molar-refractivity contribution in [2.45, 2.75) is 12.6 Å². The maximum atomic E-state index is 13.9. The summed E-state index contributed by atoms with van der Waals surface area (Å²) in [5.41, 5.74) is 2.44. The van der Waals surface area contributed by atoms with Crippen LogP contribution in [0.2, 0.25) is 0 Å². The smallest absolute Gasteiger partial charge is 0.242 e. The molecule has 4 rings (SSSR count). The molecule has 31 heavy (non-hydrogen) atoms. The lowest BCUT2D eigenvalue weighted by Crippen LogP contribution is -2.43. The first-order valence-electron chi connectivity index (χ1n) is 10.1. The normalized spacial score (nSPS) is 15.0. The number of hydrogen-bond donors (Lipinski definition) is 2. The summed E-state index contributed by atoms with van der Waals surface area (Å²) in [5.74, 6) is -0.428. The van der Waals surface area contributed by atoms with Crippen LogP contribution in [0.1, 0.15) is 11.7 Å². The Bertz CT molecular complexity index is 1040. The fourth-order valence-corrected chi connectivity index (χ4v) is 3.43. The van der Waals surface area contributed by atoms with Crippen molar-refractivity contribution in [1.82, 2.24) is 19.9 Å². The molecule has 1 saturated heterocycles. The maximum Gasteiger partial charge on any atom is 0.242 e. The highest BCUT2D eigenvalue weighted by atomic mass is 19.1. The van der Waals surface area contributed by atoms with Crippen molar-refractivity contribution in [2.24, 2.45) is 0 Å². The van der Waals surface area contributed by atoms with Gasteiger partial charge in [0.2, 0.25) is 5.91 Å². The van der Waals surface area contributed by atoms with E-state index >= 15 is 0 Å². The topological polar surface area (TPSA) is 92.5 Å². The van der Waals surface area contributed by atoms with E-state index in [0.717, 1.165) is 11.3 Å². The van der Waals surface area contributed by atoms with Gasteiger partial charge in [-0.15, -0.1) is 5.10 Å². The third kappa shape index (κ3) is 5.25. The lowest BCUT2D eigenvalue weighted by molar-refractivity contribution is -0.133. The van der Waals surface area contributed by atoms with Gasteiger partial charge in [0.05, 0.1) is 32.5 Å². The minimum atomic E-state index is -1.03. The molecule has 2 heterocycles. The molecule has 1 aromatic heterocycles. The zero-order chi connectivity index (χ0) is 21.6. The average Bonchev–Trinajstić information content (AvgIpc) is 3.27. The quantitative estimate of drug-likeness (QED) is 0.602. The van der Waals surface area contributed by atoms with Crippen LogP contribution in [-0.4, -0.2) is 63.8 Å². The third-order valence-electron chi connectivity index (χ3n) is 5.13. The number of rotatable bonds is 7. The van der Waals surface area contributed by atoms with Gasteiger partial charge in [0.1, 0.15) is 17.6 Å². The van der Waals surface area contributed by atoms with E-state index in [1.165, 1.54) is 10.7 Å². The number of morpholine rings is 1. The van der Waals surface area contributed by atoms with E-state index in [2.05, 4.69) is 15.6 Å². The van der Waals surface area contributed by atoms with E-state index in [1.807, 2.05) is 24.3 Å². The fourth-order valence-electron chi connectivity index (χ4n) is 3.43. The molecule has 0 bridgehead atoms. The molecule has 1 fully saturated rings. The molecule has 8 nitrogen and oxygen atoms in total. The highest BCUT2D eigenvalue weighted by Gasteiger charge is 2.17. The standard InChI is InChI=1S/C22H24FN5O3/c23-19-7-2-1-6-18(19)21(29)15-28-14-20(25-26-28)16-4-3-5-17(12-16)24-13-22(30)27-8-10-31-11-9-27/h1-7,12,14,21,24,29H,8-11,13,15H2. The predicted molar refractivity (Wildman–Crippen MR) is 113 cm³/mol. The van der Waals surface area contributed by atoms with Crippen LogP contribution >= 0.6 is 0 Å². The Morgan fingerprint density at radius 2 is 2.00 bits per heavy atom. The number of halogens is 1. The number of aliphatic hydroxyl groups is 1. The van der Waals surface area contributed by atoms with Crippen molar-refractivity contribution in [2.75, 3.05) is 38.2 Å². The van der Waals surface area contributed by atoms with Crippen LogP contribution in [0.15, 0.2) is 54.7 Å². The largest absolute Gasteiger partial charge is 0.386 e. The van der Waals surface area contributed by atoms with Crippen LogP contribution in [0.3, 0.4) is 0 Å². The molecule has 2 N–H and O–H groups in total. The molecular weight excluding hydrogens is 401 g/mol. The monoisotopic (exact) mass is 425 g/mol. The molecule has 0 radical (unpaired) electrons. The summed E-state index contributed by atoms with van der Waals surface area (Å²) in [6, 6.07) is 13.6. The van der Waals surface area contributed by atoms with Gasteiger partial charge in [-0.25, -0.2) is 9.07 Å². The van der Waals surface area contributed by atoms with Gasteiger partial charge < -0.3 is 20.1 Å². The summed E-state index contributed by atoms with van der Waals surface area (Å²) in [4.78, 5) is 14.1. The van der Waals surface area contributed by atoms with Crippen LogP contribution in [0.4, 0.5) is 10.1 Å². The molecule has 162 valence electrons. The second-order valence-electron chi connectivity index (χ2n) is 7.29. The van der Waals surface area contributed by atoms with Crippen molar-refractivity contribution in [3.63, 3.8) is 0 Å². The Hall–Kier alpha value is -3.30. The first kappa shape index (κ1) is 21.0. The molecular formula is C22H24FN5O3. The van der Waals surface area contributed by atoms with Gasteiger partial charge in [-0.1, -0.05) is 35.5 Å². The number of aliphatic hydroxyl groups excluding tert-OH is 1. The Kier molecular flexibility index (Phi) is 6.54. The summed E-state index contributed by atoms with van der Waals surface area (Å²) in [7, 11) is 0. The number of carbonyl (C=O) groups is 1. The molecule has 1 amide bonds. The first-order chi connectivity index (χ1) is 15.1. The number of hydrogen-bond acceptors (Lipinski definition) is 6. The van der Waals surface area contributed by atoms with Gasteiger partial charge in [0, 0.05) is 29.9 Å². The molecule has 3 aromatic rings. The summed E-state index contributed by atoms with van der Waals surface area (Å²) >= 11 is 0. The van der Waals surface area contributed by atoms with Crippen LogP contribution in [-0.2, 0) is 16.1 Å². The van der Waals surface area contributed by atoms with Gasteiger partial charge in [0.25, 0.3) is 0 Å². The van der Waals surface area contributed by atoms with Crippen molar-refractivity contribution < 1.29 is 19.0 Å². The van der Waals surface area contributed by atoms with Gasteiger partial charge in [-0.3, -0.25) is 4.79 Å². The Morgan fingerprint density at radius 1 is 1.19 bits per heavy atom. The fraction of sp³-hybridized carbons (Fsp3) is 0.318. The lowest BCUT2D eigenvalue weighted by Gasteiger charge is -2.27. The Labute approximate surface area is 179 Å². The average molecular weight is 425 g/mol. The molecule has 2 aromatic carbocycles. The van der Waals surface area contributed by atoms with Crippen LogP contribution in [0.5, 0.6) is 0 Å². The van der Waals surface area contributed by atoms with Crippen molar-refractivity contribution >= 4 is 11.6 Å². The number of aromatic nitrogens is 3. The Balaban J connectivity index is 1.38. The van der Waals surface area contributed by atoms with E-state index in [4.69, 9.17) is 4.74 Å². The summed E-state index contributed by atoms with van der Waals surface area (Å²) in [6.45, 7) is 2.65. The third-order valence-corrected chi connectivity index (χ3v) is 5.13. The molecule has 1 atom stereocenters. The number of nitrogens with one attached hydrogen (secondary N) is 1. The molecule has 9 heteroatoms. The Morgan fingerprint density at radius 3 is 2.81 bits per heavy atom. The lowest BCUT2D eigenvalue weighted by atomic mass is 10.1. The molecule has 0 aliphatic carbocycles. The van der Waals surface area contributed by atoms with Gasteiger partial charge >= 0.3 is 0 Å². The van der Waals surface area contributed by atoms with E-state index in [0.29, 0.717) is 32.0 Å². The zero-order valence-corrected chi connectivity index (χ0v) is 16.9. The first-order valence-corrected chi connectivity index (χ1v) is 10.1. The summed E-state index contributed by atoms with van der Waals surface area (Å²) < 4.78 is 20.6. The number of carbonyl (C=O) groups excluding carboxylic acids is 1. The maximum absolute atomic E-state index is 13.9. The van der Waals surface area contributed by atoms with Crippen LogP contribution < -0.4 is 5.32 Å². The summed E-state index contributed by atoms with van der Waals surface area (Å²) in [6.07, 6.45) is 0.664. The minimum absolute atomic E-state index is 0.0294. The summed E-state index contributed by atoms with van der Waals surface area (Å²) in [5, 5.41) is 21.7. The second-order valence-corrected chi connectivity index (χ2v) is 7.29. The highest BCUT2D eigenvalue weighted by molar-refractivity contribution is 5.81. The van der Waals surface area contributed by atoms with E-state index in [-0.39, 0.29) is 24.6 Å². The van der Waals surface area contributed by atoms with Crippen molar-refractivity contribution in [1.29, 1.82) is 0 Å². The predicted octanol–water partition coefficient (Wildman–Crippen LogP) is 2.09. The van der Waals surface area contributed by atoms with Crippen molar-refractivity contribution in [3.8, 4) is 11.3 Å². The molecule has 1 unspecified atom stereocenters. The van der Waals surface area contributed by atoms with Gasteiger partial charge in [0.15, 0.2) is 0 Å². The minimum Gasteiger partial charge on any atom is -0.386 e. The van der Waals surface area contributed by atoms with E-state index < -0.39 is 11.9 Å². The van der Waals surface area contributed by atoms with E-state index in [1.54, 1.807) is 29.3 Å². The van der Waals surface area contributed by atoms with Gasteiger partial charge in [-0.05, 0) is 18.2 Å². The molecule has 0 spiro atoms. The van der Waals surface area contributed by atoms with Gasteiger partial charge in [-0.2, -0.15) is 0 Å². The molecule has 0 saturated carbocycles. The van der Waals surface area contributed by atoms with Crippen LogP contribution in [0.25, 0.3) is 11.3 Å². The number of anilines is 1. The SMILES string of the molecule is O=C(CNc1cccc(-c2cn(CC(O)c3ccccc3F)nn2)c1)N1CCOCC1. The number of nitrogens with zero attached hydrogens (tertiary/aromatic N) is 4. The number of benzene rings is 2. The second kappa shape index (κ2) is 9.67.